The number of rotatable bonds is 11. The van der Waals surface area contributed by atoms with Crippen LogP contribution in [0.15, 0.2) is 36.9 Å². The molecule has 3 heteroatoms. The van der Waals surface area contributed by atoms with E-state index >= 15 is 0 Å². The molecular weight excluding hydrogens is 414 g/mol. The first-order valence-electron chi connectivity index (χ1n) is 13.5. The number of hydrogen-bond acceptors (Lipinski definition) is 1. The highest BCUT2D eigenvalue weighted by molar-refractivity contribution is 5.31. The number of ether oxygens (including phenoxy) is 1. The van der Waals surface area contributed by atoms with Crippen LogP contribution < -0.4 is 4.74 Å². The lowest BCUT2D eigenvalue weighted by Crippen LogP contribution is -2.31. The molecule has 4 atom stereocenters. The van der Waals surface area contributed by atoms with Crippen LogP contribution in [-0.4, -0.2) is 6.61 Å². The van der Waals surface area contributed by atoms with Gasteiger partial charge in [-0.25, -0.2) is 4.39 Å². The molecule has 0 radical (unpaired) electrons. The predicted octanol–water partition coefficient (Wildman–Crippen LogP) is 9.46. The van der Waals surface area contributed by atoms with Crippen molar-refractivity contribution in [1.29, 1.82) is 0 Å². The number of allylic oxidation sites excluding steroid dienone is 2. The fourth-order valence-electron chi connectivity index (χ4n) is 5.75. The van der Waals surface area contributed by atoms with E-state index in [0.717, 1.165) is 36.5 Å². The van der Waals surface area contributed by atoms with Crippen molar-refractivity contribution < 1.29 is 13.5 Å². The largest absolute Gasteiger partial charge is 0.490 e. The lowest BCUT2D eigenvalue weighted by atomic mass is 9.64. The second kappa shape index (κ2) is 15.3. The Balaban J connectivity index is 0.00000187. The van der Waals surface area contributed by atoms with Gasteiger partial charge in [0.05, 0.1) is 6.61 Å². The molecule has 2 aliphatic rings. The lowest BCUT2D eigenvalue weighted by molar-refractivity contribution is 0.0957. The van der Waals surface area contributed by atoms with Crippen molar-refractivity contribution in [2.75, 3.05) is 6.61 Å². The highest BCUT2D eigenvalue weighted by Gasteiger charge is 2.34. The standard InChI is InChI=1S/C28H40F2O.C2H6/c1-3-5-11-23-16-17-26(28(30)27(23)29)31-18-8-6-7-10-22-13-15-24-19-21(9-4-2)12-14-25(24)20-22;1-2/h3,6-7,16-17,21-22,24-25H,1,4-5,8-15,18-20H2,2H3;1-2H3/b7-6-;. The summed E-state index contributed by atoms with van der Waals surface area (Å²) >= 11 is 0. The van der Waals surface area contributed by atoms with Gasteiger partial charge in [-0.2, -0.15) is 4.39 Å². The van der Waals surface area contributed by atoms with Crippen LogP contribution in [0.5, 0.6) is 5.75 Å². The van der Waals surface area contributed by atoms with Gasteiger partial charge in [0.1, 0.15) is 0 Å². The first kappa shape index (κ1) is 27.6. The highest BCUT2D eigenvalue weighted by Crippen LogP contribution is 2.46. The smallest absolute Gasteiger partial charge is 0.200 e. The number of halogens is 2. The second-order valence-corrected chi connectivity index (χ2v) is 9.69. The molecule has 0 amide bonds. The number of fused-ring (bicyclic) bond motifs is 1. The molecule has 0 aromatic heterocycles. The van der Waals surface area contributed by atoms with E-state index in [4.69, 9.17) is 4.74 Å². The SMILES string of the molecule is C=CCCc1ccc(OCC/C=C\CC2CCC3CC(CCC)CCC3C2)c(F)c1F.CC. The first-order chi connectivity index (χ1) is 16.1. The van der Waals surface area contributed by atoms with E-state index in [0.29, 0.717) is 25.0 Å². The molecule has 1 nitrogen and oxygen atoms in total. The minimum absolute atomic E-state index is 0.00486. The molecule has 3 rings (SSSR count). The van der Waals surface area contributed by atoms with E-state index in [2.05, 4.69) is 25.7 Å². The maximum absolute atomic E-state index is 14.2. The topological polar surface area (TPSA) is 9.23 Å². The van der Waals surface area contributed by atoms with Gasteiger partial charge in [0.2, 0.25) is 5.82 Å². The van der Waals surface area contributed by atoms with Crippen molar-refractivity contribution in [1.82, 2.24) is 0 Å². The molecule has 0 N–H and O–H groups in total. The average Bonchev–Trinajstić information content (AvgIpc) is 2.84. The zero-order valence-electron chi connectivity index (χ0n) is 21.3. The Kier molecular flexibility index (Phi) is 12.8. The van der Waals surface area contributed by atoms with E-state index in [1.165, 1.54) is 57.4 Å². The molecule has 186 valence electrons. The normalized spacial score (nSPS) is 24.6. The second-order valence-electron chi connectivity index (χ2n) is 9.69. The van der Waals surface area contributed by atoms with Gasteiger partial charge in [-0.15, -0.1) is 6.58 Å². The van der Waals surface area contributed by atoms with Crippen LogP contribution in [0.25, 0.3) is 0 Å². The third-order valence-electron chi connectivity index (χ3n) is 7.45. The number of hydrogen-bond donors (Lipinski definition) is 0. The van der Waals surface area contributed by atoms with Gasteiger partial charge in [-0.05, 0) is 93.1 Å². The Morgan fingerprint density at radius 1 is 0.939 bits per heavy atom. The van der Waals surface area contributed by atoms with Crippen molar-refractivity contribution >= 4 is 0 Å². The van der Waals surface area contributed by atoms with Crippen LogP contribution in [-0.2, 0) is 6.42 Å². The quantitative estimate of drug-likeness (QED) is 0.236. The van der Waals surface area contributed by atoms with Gasteiger partial charge in [0.15, 0.2) is 11.6 Å². The molecule has 4 unspecified atom stereocenters. The van der Waals surface area contributed by atoms with E-state index in [1.54, 1.807) is 12.1 Å². The Hall–Kier alpha value is -1.64. The fraction of sp³-hybridized carbons (Fsp3) is 0.667. The van der Waals surface area contributed by atoms with Gasteiger partial charge < -0.3 is 4.74 Å². The van der Waals surface area contributed by atoms with Gasteiger partial charge in [0.25, 0.3) is 0 Å². The number of aryl methyl sites for hydroxylation is 1. The summed E-state index contributed by atoms with van der Waals surface area (Å²) in [6.07, 6.45) is 20.4. The summed E-state index contributed by atoms with van der Waals surface area (Å²) in [7, 11) is 0. The Bertz CT molecular complexity index is 726. The average molecular weight is 461 g/mol. The van der Waals surface area contributed by atoms with Crippen LogP contribution in [0.3, 0.4) is 0 Å². The first-order valence-corrected chi connectivity index (χ1v) is 13.5. The van der Waals surface area contributed by atoms with Gasteiger partial charge >= 0.3 is 0 Å². The molecule has 0 saturated heterocycles. The van der Waals surface area contributed by atoms with Crippen LogP contribution in [0, 0.1) is 35.3 Å². The molecule has 0 spiro atoms. The molecule has 1 aromatic carbocycles. The van der Waals surface area contributed by atoms with Crippen LogP contribution in [0.1, 0.15) is 97.0 Å². The zero-order chi connectivity index (χ0) is 24.1. The monoisotopic (exact) mass is 460 g/mol. The van der Waals surface area contributed by atoms with Crippen molar-refractivity contribution in [2.24, 2.45) is 23.7 Å². The van der Waals surface area contributed by atoms with Gasteiger partial charge in [-0.3, -0.25) is 0 Å². The third kappa shape index (κ3) is 8.58. The summed E-state index contributed by atoms with van der Waals surface area (Å²) in [5.41, 5.74) is 0.373. The Morgan fingerprint density at radius 3 is 2.33 bits per heavy atom. The molecule has 2 saturated carbocycles. The molecule has 0 bridgehead atoms. The summed E-state index contributed by atoms with van der Waals surface area (Å²) in [6.45, 7) is 10.3. The summed E-state index contributed by atoms with van der Waals surface area (Å²) in [5, 5.41) is 0. The van der Waals surface area contributed by atoms with Crippen molar-refractivity contribution in [2.45, 2.75) is 97.8 Å². The zero-order valence-corrected chi connectivity index (χ0v) is 21.3. The summed E-state index contributed by atoms with van der Waals surface area (Å²) in [6, 6.07) is 3.15. The van der Waals surface area contributed by atoms with Crippen molar-refractivity contribution in [3.05, 3.63) is 54.1 Å². The molecule has 0 aliphatic heterocycles. The van der Waals surface area contributed by atoms with Gasteiger partial charge in [-0.1, -0.05) is 64.3 Å². The maximum Gasteiger partial charge on any atom is 0.200 e. The van der Waals surface area contributed by atoms with Crippen molar-refractivity contribution in [3.63, 3.8) is 0 Å². The highest BCUT2D eigenvalue weighted by atomic mass is 19.2. The van der Waals surface area contributed by atoms with E-state index < -0.39 is 11.6 Å². The van der Waals surface area contributed by atoms with E-state index in [1.807, 2.05) is 13.8 Å². The molecule has 2 aliphatic carbocycles. The molecular formula is C30H46F2O. The third-order valence-corrected chi connectivity index (χ3v) is 7.45. The van der Waals surface area contributed by atoms with Crippen LogP contribution >= 0.6 is 0 Å². The fourth-order valence-corrected chi connectivity index (χ4v) is 5.75. The summed E-state index contributed by atoms with van der Waals surface area (Å²) in [4.78, 5) is 0. The lowest BCUT2D eigenvalue weighted by Gasteiger charge is -2.42. The Morgan fingerprint density at radius 2 is 1.64 bits per heavy atom. The minimum atomic E-state index is -0.879. The molecule has 1 aromatic rings. The Labute approximate surface area is 201 Å². The van der Waals surface area contributed by atoms with Crippen LogP contribution in [0.2, 0.25) is 0 Å². The predicted molar refractivity (Wildman–Crippen MR) is 137 cm³/mol. The van der Waals surface area contributed by atoms with Gasteiger partial charge in [0, 0.05) is 0 Å². The summed E-state index contributed by atoms with van der Waals surface area (Å²) in [5.74, 6) is 2.07. The molecule has 33 heavy (non-hydrogen) atoms. The number of benzene rings is 1. The molecule has 2 fully saturated rings. The van der Waals surface area contributed by atoms with Crippen molar-refractivity contribution in [3.8, 4) is 5.75 Å². The van der Waals surface area contributed by atoms with Crippen LogP contribution in [0.4, 0.5) is 8.78 Å². The maximum atomic E-state index is 14.2. The molecule has 0 heterocycles. The summed E-state index contributed by atoms with van der Waals surface area (Å²) < 4.78 is 33.7. The van der Waals surface area contributed by atoms with E-state index in [-0.39, 0.29) is 5.75 Å². The minimum Gasteiger partial charge on any atom is -0.490 e. The van der Waals surface area contributed by atoms with E-state index in [9.17, 15) is 8.78 Å².